The minimum atomic E-state index is -4.55. The van der Waals surface area contributed by atoms with Crippen molar-refractivity contribution in [2.75, 3.05) is 28.4 Å². The van der Waals surface area contributed by atoms with Crippen molar-refractivity contribution in [2.45, 2.75) is 25.0 Å². The van der Waals surface area contributed by atoms with Crippen LogP contribution in [0.5, 0.6) is 34.5 Å². The van der Waals surface area contributed by atoms with Crippen LogP contribution >= 0.6 is 7.82 Å². The number of hydrogen-bond donors (Lipinski definition) is 0. The van der Waals surface area contributed by atoms with Crippen molar-refractivity contribution in [3.63, 3.8) is 0 Å². The van der Waals surface area contributed by atoms with Gasteiger partial charge in [-0.05, 0) is 60.0 Å². The summed E-state index contributed by atoms with van der Waals surface area (Å²) >= 11 is 0. The van der Waals surface area contributed by atoms with Crippen LogP contribution in [0.25, 0.3) is 12.2 Å². The van der Waals surface area contributed by atoms with E-state index in [1.165, 1.54) is 46.6 Å². The molecule has 0 heterocycles. The van der Waals surface area contributed by atoms with Crippen molar-refractivity contribution in [1.82, 2.24) is 0 Å². The zero-order valence-corrected chi connectivity index (χ0v) is 31.0. The van der Waals surface area contributed by atoms with Crippen molar-refractivity contribution in [3.05, 3.63) is 137 Å². The van der Waals surface area contributed by atoms with Crippen molar-refractivity contribution >= 4 is 30.1 Å². The Hall–Kier alpha value is -5.26. The molecule has 5 aromatic carbocycles. The smallest absolute Gasteiger partial charge is 0.493 e. The largest absolute Gasteiger partial charge is 0.530 e. The van der Waals surface area contributed by atoms with E-state index in [-0.39, 0.29) is 40.9 Å². The van der Waals surface area contributed by atoms with E-state index in [2.05, 4.69) is 0 Å². The van der Waals surface area contributed by atoms with Crippen LogP contribution in [-0.2, 0) is 36.9 Å². The maximum absolute atomic E-state index is 14.6. The lowest BCUT2D eigenvalue weighted by atomic mass is 10.1. The average Bonchev–Trinajstić information content (AvgIpc) is 3.17. The monoisotopic (exact) mass is 746 g/mol. The van der Waals surface area contributed by atoms with Gasteiger partial charge in [0.2, 0.25) is 11.5 Å². The van der Waals surface area contributed by atoms with E-state index >= 15 is 0 Å². The maximum Gasteiger partial charge on any atom is 0.530 e. The minimum Gasteiger partial charge on any atom is -0.493 e. The predicted molar refractivity (Wildman–Crippen MR) is 198 cm³/mol. The third kappa shape index (κ3) is 9.54. The molecule has 0 aliphatic rings. The molecule has 5 rings (SSSR count). The molecule has 0 N–H and O–H groups in total. The van der Waals surface area contributed by atoms with Gasteiger partial charge in [0.25, 0.3) is 0 Å². The summed E-state index contributed by atoms with van der Waals surface area (Å²) in [5.41, 5.74) is 3.11. The number of phosphoric acid groups is 1. The second-order valence-corrected chi connectivity index (χ2v) is 14.4. The van der Waals surface area contributed by atoms with E-state index in [0.717, 1.165) is 5.56 Å². The number of phosphoric ester groups is 1. The van der Waals surface area contributed by atoms with Crippen LogP contribution in [0.1, 0.15) is 27.8 Å². The van der Waals surface area contributed by atoms with Gasteiger partial charge < -0.3 is 27.7 Å². The molecule has 0 aliphatic carbocycles. The molecule has 272 valence electrons. The van der Waals surface area contributed by atoms with Gasteiger partial charge in [0.15, 0.2) is 23.0 Å². The molecular weight excluding hydrogens is 707 g/mol. The summed E-state index contributed by atoms with van der Waals surface area (Å²) in [5, 5.41) is 0. The van der Waals surface area contributed by atoms with E-state index < -0.39 is 17.9 Å². The number of methoxy groups -OCH3 is 4. The quantitative estimate of drug-likeness (QED) is 0.0515. The Morgan fingerprint density at radius 3 is 1.63 bits per heavy atom. The van der Waals surface area contributed by atoms with Crippen molar-refractivity contribution in [3.8, 4) is 34.5 Å². The highest BCUT2D eigenvalue weighted by molar-refractivity contribution is 7.87. The van der Waals surface area contributed by atoms with Gasteiger partial charge in [-0.1, -0.05) is 90.5 Å². The molecule has 5 aromatic rings. The first kappa shape index (κ1) is 38.0. The molecule has 0 fully saturated rings. The van der Waals surface area contributed by atoms with Crippen molar-refractivity contribution in [1.29, 1.82) is 0 Å². The number of aryl methyl sites for hydroxylation is 1. The Balaban J connectivity index is 1.64. The highest BCUT2D eigenvalue weighted by Gasteiger charge is 2.34. The SMILES string of the molecule is COc1cc(/C=C\c2ccc(OC)c(OS(=O)(=O)c3ccc(C)cc3)c2OP(=O)(OCc2ccccc2)OCc2ccccc2)cc(OC)c1OC. The Morgan fingerprint density at radius 2 is 1.13 bits per heavy atom. The number of rotatable bonds is 17. The predicted octanol–water partition coefficient (Wildman–Crippen LogP) is 8.89. The van der Waals surface area contributed by atoms with E-state index in [0.29, 0.717) is 33.9 Å². The van der Waals surface area contributed by atoms with E-state index in [1.54, 1.807) is 66.7 Å². The first-order valence-electron chi connectivity index (χ1n) is 15.9. The van der Waals surface area contributed by atoms with E-state index in [4.69, 9.17) is 36.7 Å². The molecule has 0 unspecified atom stereocenters. The second-order valence-electron chi connectivity index (χ2n) is 11.2. The average molecular weight is 747 g/mol. The molecule has 52 heavy (non-hydrogen) atoms. The van der Waals surface area contributed by atoms with Gasteiger partial charge in [-0.3, -0.25) is 9.05 Å². The molecule has 0 spiro atoms. The lowest BCUT2D eigenvalue weighted by Crippen LogP contribution is -2.12. The molecule has 0 saturated carbocycles. The number of benzene rings is 5. The van der Waals surface area contributed by atoms with Crippen molar-refractivity contribution in [2.24, 2.45) is 0 Å². The highest BCUT2D eigenvalue weighted by Crippen LogP contribution is 2.56. The van der Waals surface area contributed by atoms with Gasteiger partial charge in [0, 0.05) is 5.56 Å². The van der Waals surface area contributed by atoms with Gasteiger partial charge in [0.05, 0.1) is 41.7 Å². The molecule has 0 saturated heterocycles. The van der Waals surface area contributed by atoms with Gasteiger partial charge >= 0.3 is 17.9 Å². The molecule has 0 atom stereocenters. The third-order valence-electron chi connectivity index (χ3n) is 7.64. The molecule has 0 amide bonds. The van der Waals surface area contributed by atoms with Crippen LogP contribution in [-0.4, -0.2) is 36.9 Å². The fraction of sp³-hybridized carbons (Fsp3) is 0.179. The number of hydrogen-bond acceptors (Lipinski definition) is 11. The van der Waals surface area contributed by atoms with Crippen molar-refractivity contribution < 1.29 is 49.7 Å². The maximum atomic E-state index is 14.6. The zero-order valence-electron chi connectivity index (χ0n) is 29.3. The zero-order chi connectivity index (χ0) is 37.1. The summed E-state index contributed by atoms with van der Waals surface area (Å²) in [5.74, 6) is 0.557. The summed E-state index contributed by atoms with van der Waals surface area (Å²) in [6, 6.07) is 30.8. The van der Waals surface area contributed by atoms with Gasteiger partial charge in [-0.15, -0.1) is 0 Å². The Morgan fingerprint density at radius 1 is 0.596 bits per heavy atom. The lowest BCUT2D eigenvalue weighted by Gasteiger charge is -2.22. The summed E-state index contributed by atoms with van der Waals surface area (Å²) in [6.07, 6.45) is 3.30. The van der Waals surface area contributed by atoms with Crippen LogP contribution < -0.4 is 27.7 Å². The molecule has 0 bridgehead atoms. The molecule has 0 aromatic heterocycles. The summed E-state index contributed by atoms with van der Waals surface area (Å²) in [6.45, 7) is 1.54. The topological polar surface area (TPSA) is 125 Å². The Bertz CT molecular complexity index is 2060. The first-order valence-corrected chi connectivity index (χ1v) is 18.8. The van der Waals surface area contributed by atoms with Crippen LogP contribution in [0.4, 0.5) is 0 Å². The van der Waals surface area contributed by atoms with Gasteiger partial charge in [0.1, 0.15) is 4.90 Å². The molecule has 13 heteroatoms. The standard InChI is InChI=1S/C39H39O11PS/c1-28-16-21-33(22-17-28)52(41,42)50-39-34(43-2)23-20-32(19-18-31-24-35(44-3)38(46-5)36(25-31)45-4)37(39)49-51(40,47-26-29-12-8-6-9-13-29)48-27-30-14-10-7-11-15-30/h6-25H,26-27H2,1-5H3/b19-18-. The van der Waals surface area contributed by atoms with Gasteiger partial charge in [-0.2, -0.15) is 8.42 Å². The highest BCUT2D eigenvalue weighted by atomic mass is 32.2. The van der Waals surface area contributed by atoms with E-state index in [9.17, 15) is 13.0 Å². The lowest BCUT2D eigenvalue weighted by molar-refractivity contribution is 0.142. The normalized spacial score (nSPS) is 11.6. The Kier molecular flexibility index (Phi) is 12.6. The fourth-order valence-electron chi connectivity index (χ4n) is 4.93. The fourth-order valence-corrected chi connectivity index (χ4v) is 7.08. The minimum absolute atomic E-state index is 0.0201. The van der Waals surface area contributed by atoms with Crippen LogP contribution in [0.2, 0.25) is 0 Å². The Labute approximate surface area is 304 Å². The first-order chi connectivity index (χ1) is 25.1. The van der Waals surface area contributed by atoms with Crippen LogP contribution in [0, 0.1) is 6.92 Å². The molecule has 11 nitrogen and oxygen atoms in total. The second kappa shape index (κ2) is 17.3. The summed E-state index contributed by atoms with van der Waals surface area (Å²) in [4.78, 5) is -0.117. The summed E-state index contributed by atoms with van der Waals surface area (Å²) in [7, 11) is -3.17. The number of ether oxygens (including phenoxy) is 4. The molecule has 0 aliphatic heterocycles. The van der Waals surface area contributed by atoms with Gasteiger partial charge in [-0.25, -0.2) is 4.57 Å². The van der Waals surface area contributed by atoms with Crippen LogP contribution in [0.15, 0.2) is 114 Å². The summed E-state index contributed by atoms with van der Waals surface area (Å²) < 4.78 is 87.8. The van der Waals surface area contributed by atoms with E-state index in [1.807, 2.05) is 43.3 Å². The van der Waals surface area contributed by atoms with Crippen LogP contribution in [0.3, 0.4) is 0 Å². The molecular formula is C39H39O11PS. The third-order valence-corrected chi connectivity index (χ3v) is 10.2. The molecule has 0 radical (unpaired) electrons.